The van der Waals surface area contributed by atoms with E-state index in [9.17, 15) is 0 Å². The van der Waals surface area contributed by atoms with Crippen molar-refractivity contribution < 1.29 is 25.8 Å². The second-order valence-electron chi connectivity index (χ2n) is 2.38. The van der Waals surface area contributed by atoms with Crippen molar-refractivity contribution in [2.75, 3.05) is 13.2 Å². The Kier molecular flexibility index (Phi) is 27.1. The number of hydrogen-bond donors (Lipinski definition) is 0. The molecular formula is C10H21OPt-3. The first-order valence-corrected chi connectivity index (χ1v) is 4.08. The molecule has 0 atom stereocenters. The van der Waals surface area contributed by atoms with Crippen molar-refractivity contribution in [1.82, 2.24) is 0 Å². The molecule has 80 valence electrons. The van der Waals surface area contributed by atoms with Crippen LogP contribution in [0.3, 0.4) is 0 Å². The maximum atomic E-state index is 4.94. The van der Waals surface area contributed by atoms with E-state index in [-0.39, 0.29) is 28.5 Å². The molecule has 0 unspecified atom stereocenters. The van der Waals surface area contributed by atoms with Crippen LogP contribution in [0.5, 0.6) is 0 Å². The van der Waals surface area contributed by atoms with Crippen LogP contribution in [0.1, 0.15) is 32.1 Å². The second kappa shape index (κ2) is 17.7. The first-order chi connectivity index (χ1) is 4.91. The summed E-state index contributed by atoms with van der Waals surface area (Å²) in [5.74, 6) is 0. The van der Waals surface area contributed by atoms with E-state index in [0.717, 1.165) is 26.1 Å². The van der Waals surface area contributed by atoms with Crippen LogP contribution in [0.2, 0.25) is 0 Å². The summed E-state index contributed by atoms with van der Waals surface area (Å²) < 4.78 is 4.94. The molecule has 1 fully saturated rings. The summed E-state index contributed by atoms with van der Waals surface area (Å²) >= 11 is 0. The van der Waals surface area contributed by atoms with Gasteiger partial charge in [0.25, 0.3) is 0 Å². The third-order valence-corrected chi connectivity index (χ3v) is 1.33. The van der Waals surface area contributed by atoms with Crippen LogP contribution in [0, 0.1) is 21.3 Å². The van der Waals surface area contributed by atoms with Gasteiger partial charge in [0.15, 0.2) is 0 Å². The Balaban J connectivity index is -0.000000116. The van der Waals surface area contributed by atoms with Crippen molar-refractivity contribution in [2.45, 2.75) is 32.1 Å². The average molecular weight is 352 g/mol. The number of ether oxygens (including phenoxy) is 1. The molecule has 0 aliphatic carbocycles. The molecular weight excluding hydrogens is 331 g/mol. The van der Waals surface area contributed by atoms with Gasteiger partial charge in [-0.15, -0.1) is 6.42 Å². The molecule has 1 aliphatic rings. The van der Waals surface area contributed by atoms with Crippen LogP contribution < -0.4 is 0 Å². The summed E-state index contributed by atoms with van der Waals surface area (Å²) in [5.41, 5.74) is 0. The van der Waals surface area contributed by atoms with E-state index in [1.165, 1.54) is 19.3 Å². The van der Waals surface area contributed by atoms with E-state index in [1.54, 1.807) is 0 Å². The summed E-state index contributed by atoms with van der Waals surface area (Å²) in [5, 5.41) is 0. The topological polar surface area (TPSA) is 9.23 Å². The molecule has 0 amide bonds. The van der Waals surface area contributed by atoms with Crippen molar-refractivity contribution in [2.24, 2.45) is 0 Å². The monoisotopic (exact) mass is 352 g/mol. The fourth-order valence-electron chi connectivity index (χ4n) is 0.687. The van der Waals surface area contributed by atoms with Crippen LogP contribution in [-0.4, -0.2) is 13.2 Å². The Morgan fingerprint density at radius 2 is 1.42 bits per heavy atom. The average Bonchev–Trinajstić information content (AvgIpc) is 2.44. The van der Waals surface area contributed by atoms with Gasteiger partial charge in [0, 0.05) is 34.3 Å². The number of rotatable bonds is 2. The largest absolute Gasteiger partial charge is 0.381 e. The molecule has 0 aromatic rings. The molecule has 0 saturated carbocycles. The SMILES string of the molecule is C1CCOC1.[CH2-]CCC[CH2-].[CH3-].[Pt]. The first-order valence-electron chi connectivity index (χ1n) is 4.08. The van der Waals surface area contributed by atoms with E-state index in [1.807, 2.05) is 0 Å². The Labute approximate surface area is 92.5 Å². The van der Waals surface area contributed by atoms with E-state index in [2.05, 4.69) is 13.8 Å². The number of unbranched alkanes of at least 4 members (excludes halogenated alkanes) is 2. The third-order valence-electron chi connectivity index (χ3n) is 1.33. The van der Waals surface area contributed by atoms with Gasteiger partial charge >= 0.3 is 0 Å². The quantitative estimate of drug-likeness (QED) is 0.694. The van der Waals surface area contributed by atoms with Crippen molar-refractivity contribution in [1.29, 1.82) is 0 Å². The summed E-state index contributed by atoms with van der Waals surface area (Å²) in [6.07, 6.45) is 5.78. The maximum absolute atomic E-state index is 4.94. The Hall–Kier alpha value is 0.648. The second-order valence-corrected chi connectivity index (χ2v) is 2.38. The molecule has 12 heavy (non-hydrogen) atoms. The maximum Gasteiger partial charge on any atom is 0.0466 e. The minimum absolute atomic E-state index is 0. The molecule has 0 bridgehead atoms. The van der Waals surface area contributed by atoms with Gasteiger partial charge in [-0.1, -0.05) is 0 Å². The van der Waals surface area contributed by atoms with Gasteiger partial charge in [-0.3, -0.25) is 0 Å². The first kappa shape index (κ1) is 18.4. The normalized spacial score (nSPS) is 13.5. The molecule has 1 rings (SSSR count). The molecule has 0 N–H and O–H groups in total. The van der Waals surface area contributed by atoms with Crippen molar-refractivity contribution >= 4 is 0 Å². The summed E-state index contributed by atoms with van der Waals surface area (Å²) in [7, 11) is 0. The van der Waals surface area contributed by atoms with Gasteiger partial charge < -0.3 is 26.0 Å². The summed E-state index contributed by atoms with van der Waals surface area (Å²) in [6.45, 7) is 9.27. The molecule has 1 heterocycles. The zero-order valence-electron chi connectivity index (χ0n) is 8.09. The van der Waals surface area contributed by atoms with E-state index in [4.69, 9.17) is 4.74 Å². The molecule has 1 nitrogen and oxygen atoms in total. The van der Waals surface area contributed by atoms with Gasteiger partial charge in [-0.2, -0.15) is 12.8 Å². The minimum atomic E-state index is 0. The van der Waals surface area contributed by atoms with Crippen molar-refractivity contribution in [3.8, 4) is 0 Å². The molecule has 2 heteroatoms. The number of hydrogen-bond acceptors (Lipinski definition) is 1. The van der Waals surface area contributed by atoms with Gasteiger partial charge in [0.1, 0.15) is 0 Å². The van der Waals surface area contributed by atoms with Crippen molar-refractivity contribution in [3.05, 3.63) is 21.3 Å². The van der Waals surface area contributed by atoms with E-state index >= 15 is 0 Å². The van der Waals surface area contributed by atoms with Gasteiger partial charge in [0.2, 0.25) is 0 Å². The van der Waals surface area contributed by atoms with Crippen molar-refractivity contribution in [3.63, 3.8) is 0 Å². The molecule has 0 spiro atoms. The van der Waals surface area contributed by atoms with Crippen LogP contribution >= 0.6 is 0 Å². The smallest absolute Gasteiger partial charge is 0.0466 e. The fourth-order valence-corrected chi connectivity index (χ4v) is 0.687. The molecule has 0 radical (unpaired) electrons. The molecule has 1 aliphatic heterocycles. The van der Waals surface area contributed by atoms with E-state index in [0.29, 0.717) is 0 Å². The predicted molar refractivity (Wildman–Crippen MR) is 51.0 cm³/mol. The standard InChI is InChI=1S/C5H10.C4H8O.CH3.Pt/c1-3-5-4-2;1-2-4-5-3-1;;/h1-5H2;1-4H2;1H3;/q-2;;-1;. The van der Waals surface area contributed by atoms with Crippen LogP contribution in [0.25, 0.3) is 0 Å². The Morgan fingerprint density at radius 1 is 1.00 bits per heavy atom. The minimum Gasteiger partial charge on any atom is -0.381 e. The summed E-state index contributed by atoms with van der Waals surface area (Å²) in [6, 6.07) is 0. The molecule has 1 saturated heterocycles. The third kappa shape index (κ3) is 16.9. The zero-order chi connectivity index (χ0) is 7.66. The van der Waals surface area contributed by atoms with Gasteiger partial charge in [-0.25, -0.2) is 0 Å². The van der Waals surface area contributed by atoms with Gasteiger partial charge in [-0.05, 0) is 12.8 Å². The summed E-state index contributed by atoms with van der Waals surface area (Å²) in [4.78, 5) is 0. The fraction of sp³-hybridized carbons (Fsp3) is 0.700. The van der Waals surface area contributed by atoms with Crippen LogP contribution in [-0.2, 0) is 25.8 Å². The van der Waals surface area contributed by atoms with E-state index < -0.39 is 0 Å². The van der Waals surface area contributed by atoms with Crippen LogP contribution in [0.15, 0.2) is 0 Å². The predicted octanol–water partition coefficient (Wildman–Crippen LogP) is 3.07. The zero-order valence-corrected chi connectivity index (χ0v) is 10.4. The Morgan fingerprint density at radius 3 is 1.50 bits per heavy atom. The Bertz CT molecular complexity index is 44.2. The molecule has 0 aromatic heterocycles. The molecule has 0 aromatic carbocycles. The van der Waals surface area contributed by atoms with Gasteiger partial charge in [0.05, 0.1) is 0 Å². The van der Waals surface area contributed by atoms with Crippen LogP contribution in [0.4, 0.5) is 0 Å².